The Morgan fingerprint density at radius 2 is 2.06 bits per heavy atom. The van der Waals surface area contributed by atoms with Crippen LogP contribution in [0.2, 0.25) is 0 Å². The van der Waals surface area contributed by atoms with Gasteiger partial charge in [-0.25, -0.2) is 0 Å². The van der Waals surface area contributed by atoms with E-state index in [0.29, 0.717) is 6.54 Å². The Morgan fingerprint density at radius 1 is 1.31 bits per heavy atom. The molecule has 0 unspecified atom stereocenters. The molecule has 0 aromatic rings. The first-order valence-electron chi connectivity index (χ1n) is 6.01. The van der Waals surface area contributed by atoms with Crippen LogP contribution in [-0.4, -0.2) is 26.0 Å². The highest BCUT2D eigenvalue weighted by Gasteiger charge is 2.02. The van der Waals surface area contributed by atoms with Crippen LogP contribution in [0.15, 0.2) is 23.8 Å². The van der Waals surface area contributed by atoms with Gasteiger partial charge in [-0.15, -0.1) is 0 Å². The third kappa shape index (κ3) is 7.23. The highest BCUT2D eigenvalue weighted by atomic mass is 16.1. The molecule has 3 nitrogen and oxygen atoms in total. The van der Waals surface area contributed by atoms with Gasteiger partial charge in [-0.3, -0.25) is 4.79 Å². The van der Waals surface area contributed by atoms with E-state index >= 15 is 0 Å². The van der Waals surface area contributed by atoms with Gasteiger partial charge in [-0.1, -0.05) is 38.0 Å². The van der Waals surface area contributed by atoms with Crippen LogP contribution in [0.5, 0.6) is 0 Å². The first-order chi connectivity index (χ1) is 7.76. The fraction of sp³-hybridized carbons (Fsp3) is 0.615. The summed E-state index contributed by atoms with van der Waals surface area (Å²) in [5.74, 6) is 0.00509. The minimum absolute atomic E-state index is 0.00509. The van der Waals surface area contributed by atoms with Crippen molar-refractivity contribution in [1.29, 1.82) is 0 Å². The summed E-state index contributed by atoms with van der Waals surface area (Å²) in [4.78, 5) is 11.7. The molecule has 0 aromatic carbocycles. The van der Waals surface area contributed by atoms with Gasteiger partial charge in [0.2, 0.25) is 0 Å². The van der Waals surface area contributed by atoms with Crippen molar-refractivity contribution in [3.05, 3.63) is 23.8 Å². The molecule has 0 rings (SSSR count). The molecule has 0 radical (unpaired) electrons. The highest BCUT2D eigenvalue weighted by molar-refractivity contribution is 5.96. The smallest absolute Gasteiger partial charge is 0.250 e. The van der Waals surface area contributed by atoms with Gasteiger partial charge in [0.1, 0.15) is 0 Å². The molecule has 3 heteroatoms. The summed E-state index contributed by atoms with van der Waals surface area (Å²) in [5, 5.41) is 5.84. The summed E-state index contributed by atoms with van der Waals surface area (Å²) in [6, 6.07) is 0. The van der Waals surface area contributed by atoms with Crippen molar-refractivity contribution in [2.75, 3.05) is 20.1 Å². The van der Waals surface area contributed by atoms with Crippen LogP contribution < -0.4 is 10.6 Å². The summed E-state index contributed by atoms with van der Waals surface area (Å²) in [5.41, 5.74) is 0.743. The maximum atomic E-state index is 11.7. The number of hydrogen-bond acceptors (Lipinski definition) is 2. The van der Waals surface area contributed by atoms with E-state index in [1.54, 1.807) is 0 Å². The average molecular weight is 224 g/mol. The summed E-state index contributed by atoms with van der Waals surface area (Å²) >= 11 is 0. The Labute approximate surface area is 99.0 Å². The number of likely N-dealkylation sites (N-methyl/N-ethyl adjacent to an activating group) is 1. The molecule has 0 saturated heterocycles. The maximum absolute atomic E-state index is 11.7. The van der Waals surface area contributed by atoms with E-state index in [1.807, 2.05) is 26.1 Å². The van der Waals surface area contributed by atoms with Crippen LogP contribution in [0.4, 0.5) is 0 Å². The predicted molar refractivity (Wildman–Crippen MR) is 69.4 cm³/mol. The Balaban J connectivity index is 3.98. The monoisotopic (exact) mass is 224 g/mol. The van der Waals surface area contributed by atoms with Crippen LogP contribution in [0.3, 0.4) is 0 Å². The van der Waals surface area contributed by atoms with Gasteiger partial charge in [0, 0.05) is 18.7 Å². The van der Waals surface area contributed by atoms with E-state index in [2.05, 4.69) is 23.6 Å². The molecule has 0 aliphatic heterocycles. The molecule has 2 N–H and O–H groups in total. The molecule has 0 bridgehead atoms. The van der Waals surface area contributed by atoms with Crippen LogP contribution in [0, 0.1) is 0 Å². The molecule has 0 atom stereocenters. The van der Waals surface area contributed by atoms with E-state index in [0.717, 1.165) is 18.5 Å². The van der Waals surface area contributed by atoms with E-state index < -0.39 is 0 Å². The maximum Gasteiger partial charge on any atom is 0.250 e. The molecule has 0 saturated carbocycles. The summed E-state index contributed by atoms with van der Waals surface area (Å²) in [7, 11) is 1.87. The van der Waals surface area contributed by atoms with Crippen molar-refractivity contribution in [3.8, 4) is 0 Å². The first-order valence-corrected chi connectivity index (χ1v) is 6.01. The topological polar surface area (TPSA) is 41.1 Å². The quantitative estimate of drug-likeness (QED) is 0.376. The van der Waals surface area contributed by atoms with E-state index in [1.165, 1.54) is 12.8 Å². The Hall–Kier alpha value is -1.09. The summed E-state index contributed by atoms with van der Waals surface area (Å²) in [6.07, 6.45) is 9.22. The van der Waals surface area contributed by atoms with Crippen molar-refractivity contribution in [1.82, 2.24) is 10.6 Å². The number of rotatable bonds is 8. The standard InChI is InChI=1S/C13H24N2O/c1-4-6-7-8-9-12(5-2)13(16)15-11-10-14-3/h5,8-9,14H,4,6-7,10-11H2,1-3H3,(H,15,16)/b9-8-,12-5+. The van der Waals surface area contributed by atoms with E-state index in [-0.39, 0.29) is 5.91 Å². The predicted octanol–water partition coefficient (Wildman–Crippen LogP) is 2.01. The lowest BCUT2D eigenvalue weighted by molar-refractivity contribution is -0.117. The fourth-order valence-corrected chi connectivity index (χ4v) is 1.24. The van der Waals surface area contributed by atoms with Crippen LogP contribution in [-0.2, 0) is 4.79 Å². The third-order valence-electron chi connectivity index (χ3n) is 2.26. The Kier molecular flexibility index (Phi) is 9.72. The second-order valence-electron chi connectivity index (χ2n) is 3.65. The molecule has 92 valence electrons. The lowest BCUT2D eigenvalue weighted by atomic mass is 10.1. The molecular formula is C13H24N2O. The largest absolute Gasteiger partial charge is 0.351 e. The summed E-state index contributed by atoms with van der Waals surface area (Å²) in [6.45, 7) is 5.50. The number of amides is 1. The number of carbonyl (C=O) groups excluding carboxylic acids is 1. The normalized spacial score (nSPS) is 12.1. The van der Waals surface area contributed by atoms with Gasteiger partial charge in [0.15, 0.2) is 0 Å². The van der Waals surface area contributed by atoms with Gasteiger partial charge in [0.25, 0.3) is 5.91 Å². The number of carbonyl (C=O) groups is 1. The van der Waals surface area contributed by atoms with Crippen LogP contribution >= 0.6 is 0 Å². The number of hydrogen-bond donors (Lipinski definition) is 2. The minimum atomic E-state index is 0.00509. The van der Waals surface area contributed by atoms with E-state index in [4.69, 9.17) is 0 Å². The van der Waals surface area contributed by atoms with Gasteiger partial charge in [0.05, 0.1) is 0 Å². The highest BCUT2D eigenvalue weighted by Crippen LogP contribution is 2.01. The van der Waals surface area contributed by atoms with Gasteiger partial charge >= 0.3 is 0 Å². The van der Waals surface area contributed by atoms with Crippen molar-refractivity contribution in [2.45, 2.75) is 33.1 Å². The van der Waals surface area contributed by atoms with Crippen LogP contribution in [0.1, 0.15) is 33.1 Å². The average Bonchev–Trinajstić information content (AvgIpc) is 2.29. The zero-order valence-corrected chi connectivity index (χ0v) is 10.7. The molecule has 0 aliphatic rings. The second-order valence-corrected chi connectivity index (χ2v) is 3.65. The van der Waals surface area contributed by atoms with Crippen molar-refractivity contribution >= 4 is 5.91 Å². The van der Waals surface area contributed by atoms with Crippen molar-refractivity contribution in [3.63, 3.8) is 0 Å². The molecule has 0 aromatic heterocycles. The van der Waals surface area contributed by atoms with Crippen molar-refractivity contribution < 1.29 is 4.79 Å². The fourth-order valence-electron chi connectivity index (χ4n) is 1.24. The number of unbranched alkanes of at least 4 members (excludes halogenated alkanes) is 2. The molecule has 1 amide bonds. The number of allylic oxidation sites excluding steroid dienone is 2. The molecule has 0 aliphatic carbocycles. The van der Waals surface area contributed by atoms with E-state index in [9.17, 15) is 4.79 Å². The van der Waals surface area contributed by atoms with Gasteiger partial charge < -0.3 is 10.6 Å². The zero-order valence-electron chi connectivity index (χ0n) is 10.7. The van der Waals surface area contributed by atoms with Gasteiger partial charge in [-0.2, -0.15) is 0 Å². The van der Waals surface area contributed by atoms with Gasteiger partial charge in [-0.05, 0) is 20.4 Å². The zero-order chi connectivity index (χ0) is 12.2. The third-order valence-corrected chi connectivity index (χ3v) is 2.26. The molecule has 16 heavy (non-hydrogen) atoms. The second kappa shape index (κ2) is 10.4. The molecule has 0 heterocycles. The minimum Gasteiger partial charge on any atom is -0.351 e. The molecular weight excluding hydrogens is 200 g/mol. The summed E-state index contributed by atoms with van der Waals surface area (Å²) < 4.78 is 0. The molecule has 0 spiro atoms. The van der Waals surface area contributed by atoms with Crippen LogP contribution in [0.25, 0.3) is 0 Å². The SMILES string of the molecule is C/C=C(\C=C/CCCC)C(=O)NCCNC. The Morgan fingerprint density at radius 3 is 2.62 bits per heavy atom. The lowest BCUT2D eigenvalue weighted by Crippen LogP contribution is -2.31. The molecule has 0 fully saturated rings. The first kappa shape index (κ1) is 14.9. The lowest BCUT2D eigenvalue weighted by Gasteiger charge is -2.04. The Bertz CT molecular complexity index is 244. The van der Waals surface area contributed by atoms with Crippen molar-refractivity contribution in [2.24, 2.45) is 0 Å². The number of nitrogens with one attached hydrogen (secondary N) is 2.